The topological polar surface area (TPSA) is 66.7 Å². The number of rotatable bonds is 3. The Kier molecular flexibility index (Phi) is 3.08. The van der Waals surface area contributed by atoms with Crippen molar-refractivity contribution in [2.24, 2.45) is 0 Å². The molecule has 0 amide bonds. The maximum atomic E-state index is 6.04. The van der Waals surface area contributed by atoms with Crippen molar-refractivity contribution in [2.75, 3.05) is 5.32 Å². The van der Waals surface area contributed by atoms with Gasteiger partial charge in [-0.1, -0.05) is 18.2 Å². The van der Waals surface area contributed by atoms with Crippen LogP contribution < -0.4 is 5.32 Å². The number of aromatic nitrogens is 3. The fraction of sp³-hybridized carbons (Fsp3) is 0.222. The van der Waals surface area contributed by atoms with E-state index in [0.29, 0.717) is 0 Å². The number of aromatic amines is 1. The van der Waals surface area contributed by atoms with Crippen LogP contribution in [0.5, 0.6) is 0 Å². The third-order valence-electron chi connectivity index (χ3n) is 4.15. The molecule has 116 valence electrons. The van der Waals surface area contributed by atoms with Crippen molar-refractivity contribution in [1.82, 2.24) is 15.0 Å². The molecule has 3 aromatic heterocycles. The SMILES string of the molecule is Cc1nc(N[C@H](C)c2oc3ccccc3c2C)c2cc[nH]c2n1. The zero-order valence-corrected chi connectivity index (χ0v) is 13.3. The molecule has 4 rings (SSSR count). The Labute approximate surface area is 133 Å². The smallest absolute Gasteiger partial charge is 0.143 e. The number of para-hydroxylation sites is 1. The molecule has 0 bridgehead atoms. The first-order chi connectivity index (χ1) is 11.1. The average Bonchev–Trinajstić information content (AvgIpc) is 3.12. The summed E-state index contributed by atoms with van der Waals surface area (Å²) in [4.78, 5) is 12.1. The molecule has 0 radical (unpaired) electrons. The van der Waals surface area contributed by atoms with E-state index in [-0.39, 0.29) is 6.04 Å². The van der Waals surface area contributed by atoms with E-state index < -0.39 is 0 Å². The van der Waals surface area contributed by atoms with Gasteiger partial charge in [-0.2, -0.15) is 0 Å². The number of benzene rings is 1. The molecule has 1 atom stereocenters. The monoisotopic (exact) mass is 306 g/mol. The van der Waals surface area contributed by atoms with E-state index in [1.807, 2.05) is 37.4 Å². The van der Waals surface area contributed by atoms with Crippen molar-refractivity contribution in [3.63, 3.8) is 0 Å². The second-order valence-electron chi connectivity index (χ2n) is 5.81. The van der Waals surface area contributed by atoms with Crippen LogP contribution in [-0.4, -0.2) is 15.0 Å². The fourth-order valence-electron chi connectivity index (χ4n) is 3.04. The molecule has 3 heterocycles. The van der Waals surface area contributed by atoms with Crippen LogP contribution in [0.15, 0.2) is 40.9 Å². The van der Waals surface area contributed by atoms with Gasteiger partial charge < -0.3 is 14.7 Å². The lowest BCUT2D eigenvalue weighted by Gasteiger charge is -2.14. The van der Waals surface area contributed by atoms with Gasteiger partial charge in [0.15, 0.2) is 0 Å². The Balaban J connectivity index is 1.75. The van der Waals surface area contributed by atoms with Crippen LogP contribution in [0.1, 0.15) is 30.1 Å². The van der Waals surface area contributed by atoms with E-state index in [0.717, 1.165) is 45.0 Å². The Morgan fingerprint density at radius 1 is 1.09 bits per heavy atom. The zero-order chi connectivity index (χ0) is 16.0. The number of hydrogen-bond acceptors (Lipinski definition) is 4. The average molecular weight is 306 g/mol. The van der Waals surface area contributed by atoms with Crippen LogP contribution in [0.2, 0.25) is 0 Å². The third kappa shape index (κ3) is 2.25. The molecule has 4 aromatic rings. The summed E-state index contributed by atoms with van der Waals surface area (Å²) in [7, 11) is 0. The van der Waals surface area contributed by atoms with Gasteiger partial charge >= 0.3 is 0 Å². The number of hydrogen-bond donors (Lipinski definition) is 2. The molecule has 2 N–H and O–H groups in total. The third-order valence-corrected chi connectivity index (χ3v) is 4.15. The molecule has 23 heavy (non-hydrogen) atoms. The first-order valence-electron chi connectivity index (χ1n) is 7.70. The van der Waals surface area contributed by atoms with Gasteiger partial charge in [-0.3, -0.25) is 0 Å². The number of nitrogens with one attached hydrogen (secondary N) is 2. The van der Waals surface area contributed by atoms with Crippen LogP contribution in [0.4, 0.5) is 5.82 Å². The molecule has 0 spiro atoms. The summed E-state index contributed by atoms with van der Waals surface area (Å²) in [5.74, 6) is 2.49. The largest absolute Gasteiger partial charge is 0.459 e. The van der Waals surface area contributed by atoms with E-state index in [4.69, 9.17) is 4.42 Å². The molecule has 0 aliphatic carbocycles. The number of anilines is 1. The number of aryl methyl sites for hydroxylation is 2. The minimum absolute atomic E-state index is 0.00907. The molecular weight excluding hydrogens is 288 g/mol. The maximum absolute atomic E-state index is 6.04. The first-order valence-corrected chi connectivity index (χ1v) is 7.70. The standard InChI is InChI=1S/C18H18N4O/c1-10-13-6-4-5-7-15(13)23-16(10)11(2)20-18-14-8-9-19-17(14)21-12(3)22-18/h4-9,11H,1-3H3,(H2,19,20,21,22)/t11-/m1/s1. The van der Waals surface area contributed by atoms with E-state index in [1.54, 1.807) is 0 Å². The summed E-state index contributed by atoms with van der Waals surface area (Å²) in [6.07, 6.45) is 1.88. The number of nitrogens with zero attached hydrogens (tertiary/aromatic N) is 2. The van der Waals surface area contributed by atoms with Gasteiger partial charge in [-0.05, 0) is 32.9 Å². The normalized spacial score (nSPS) is 12.8. The highest BCUT2D eigenvalue weighted by atomic mass is 16.3. The molecule has 0 aliphatic heterocycles. The quantitative estimate of drug-likeness (QED) is 0.585. The highest BCUT2D eigenvalue weighted by molar-refractivity contribution is 5.87. The lowest BCUT2D eigenvalue weighted by Crippen LogP contribution is -2.09. The molecule has 5 heteroatoms. The minimum Gasteiger partial charge on any atom is -0.459 e. The number of furan rings is 1. The summed E-state index contributed by atoms with van der Waals surface area (Å²) >= 11 is 0. The van der Waals surface area contributed by atoms with E-state index >= 15 is 0 Å². The molecule has 0 unspecified atom stereocenters. The summed E-state index contributed by atoms with van der Waals surface area (Å²) in [6, 6.07) is 10.1. The number of H-pyrrole nitrogens is 1. The van der Waals surface area contributed by atoms with Crippen molar-refractivity contribution in [3.8, 4) is 0 Å². The molecule has 0 saturated heterocycles. The molecule has 0 aliphatic rings. The van der Waals surface area contributed by atoms with Gasteiger partial charge in [0.2, 0.25) is 0 Å². The van der Waals surface area contributed by atoms with Crippen LogP contribution in [0.3, 0.4) is 0 Å². The Morgan fingerprint density at radius 2 is 1.91 bits per heavy atom. The predicted octanol–water partition coefficient (Wildman–Crippen LogP) is 4.49. The Morgan fingerprint density at radius 3 is 2.74 bits per heavy atom. The van der Waals surface area contributed by atoms with Crippen molar-refractivity contribution < 1.29 is 4.42 Å². The van der Waals surface area contributed by atoms with Gasteiger partial charge in [-0.25, -0.2) is 9.97 Å². The molecule has 5 nitrogen and oxygen atoms in total. The summed E-state index contributed by atoms with van der Waals surface area (Å²) in [5, 5.41) is 5.60. The lowest BCUT2D eigenvalue weighted by molar-refractivity contribution is 0.522. The second-order valence-corrected chi connectivity index (χ2v) is 5.81. The summed E-state index contributed by atoms with van der Waals surface area (Å²) in [6.45, 7) is 6.07. The van der Waals surface area contributed by atoms with Gasteiger partial charge in [0.1, 0.15) is 28.6 Å². The number of fused-ring (bicyclic) bond motifs is 2. The van der Waals surface area contributed by atoms with Gasteiger partial charge in [-0.15, -0.1) is 0 Å². The summed E-state index contributed by atoms with van der Waals surface area (Å²) < 4.78 is 6.04. The van der Waals surface area contributed by atoms with Crippen molar-refractivity contribution >= 4 is 27.8 Å². The van der Waals surface area contributed by atoms with Crippen LogP contribution in [0.25, 0.3) is 22.0 Å². The van der Waals surface area contributed by atoms with Crippen LogP contribution in [-0.2, 0) is 0 Å². The zero-order valence-electron chi connectivity index (χ0n) is 13.3. The fourth-order valence-corrected chi connectivity index (χ4v) is 3.04. The highest BCUT2D eigenvalue weighted by Gasteiger charge is 2.18. The van der Waals surface area contributed by atoms with Gasteiger partial charge in [0.05, 0.1) is 11.4 Å². The lowest BCUT2D eigenvalue weighted by atomic mass is 10.1. The second kappa shape index (κ2) is 5.12. The van der Waals surface area contributed by atoms with Gasteiger partial charge in [0, 0.05) is 17.1 Å². The molecule has 0 saturated carbocycles. The van der Waals surface area contributed by atoms with Crippen molar-refractivity contribution in [1.29, 1.82) is 0 Å². The summed E-state index contributed by atoms with van der Waals surface area (Å²) in [5.41, 5.74) is 2.92. The van der Waals surface area contributed by atoms with Crippen molar-refractivity contribution in [2.45, 2.75) is 26.8 Å². The van der Waals surface area contributed by atoms with Crippen molar-refractivity contribution in [3.05, 3.63) is 53.7 Å². The van der Waals surface area contributed by atoms with E-state index in [2.05, 4.69) is 40.2 Å². The maximum Gasteiger partial charge on any atom is 0.143 e. The predicted molar refractivity (Wildman–Crippen MR) is 91.6 cm³/mol. The van der Waals surface area contributed by atoms with E-state index in [9.17, 15) is 0 Å². The van der Waals surface area contributed by atoms with E-state index in [1.165, 1.54) is 0 Å². The Bertz CT molecular complexity index is 999. The molecule has 1 aromatic carbocycles. The highest BCUT2D eigenvalue weighted by Crippen LogP contribution is 2.31. The van der Waals surface area contributed by atoms with Crippen LogP contribution >= 0.6 is 0 Å². The minimum atomic E-state index is 0.00907. The van der Waals surface area contributed by atoms with Gasteiger partial charge in [0.25, 0.3) is 0 Å². The Hall–Kier alpha value is -2.82. The molecular formula is C18H18N4O. The molecule has 0 fully saturated rings. The van der Waals surface area contributed by atoms with Crippen LogP contribution in [0, 0.1) is 13.8 Å². The first kappa shape index (κ1) is 13.8.